The minimum atomic E-state index is -0.392. The van der Waals surface area contributed by atoms with Gasteiger partial charge in [0, 0.05) is 57.8 Å². The number of amides is 2. The number of halogens is 1. The van der Waals surface area contributed by atoms with Crippen molar-refractivity contribution in [3.63, 3.8) is 0 Å². The number of piperidine rings is 1. The molecule has 2 fully saturated rings. The van der Waals surface area contributed by atoms with Gasteiger partial charge in [0.1, 0.15) is 11.5 Å². The van der Waals surface area contributed by atoms with Crippen LogP contribution in [0.25, 0.3) is 0 Å². The SMILES string of the molecule is COc1cc(N)c(Cl)cc1C(=O)NCC1CN(CC2CCN(C(=O)c3ccc(OC(C)=O)cc3)CC2)CCO1. The molecule has 0 saturated carbocycles. The van der Waals surface area contributed by atoms with Crippen molar-refractivity contribution in [1.29, 1.82) is 0 Å². The van der Waals surface area contributed by atoms with Gasteiger partial charge in [0.25, 0.3) is 11.8 Å². The number of nitrogen functional groups attached to an aromatic ring is 1. The number of hydrogen-bond donors (Lipinski definition) is 2. The van der Waals surface area contributed by atoms with E-state index in [9.17, 15) is 14.4 Å². The highest BCUT2D eigenvalue weighted by Gasteiger charge is 2.28. The number of anilines is 1. The van der Waals surface area contributed by atoms with Crippen LogP contribution >= 0.6 is 11.6 Å². The molecule has 2 aliphatic rings. The smallest absolute Gasteiger partial charge is 0.308 e. The summed E-state index contributed by atoms with van der Waals surface area (Å²) in [6, 6.07) is 9.71. The van der Waals surface area contributed by atoms with Gasteiger partial charge in [-0.3, -0.25) is 19.3 Å². The topological polar surface area (TPSA) is 123 Å². The highest BCUT2D eigenvalue weighted by atomic mass is 35.5. The third-order valence-corrected chi connectivity index (χ3v) is 7.38. The van der Waals surface area contributed by atoms with Crippen LogP contribution in [0.2, 0.25) is 5.02 Å². The minimum Gasteiger partial charge on any atom is -0.496 e. The maximum absolute atomic E-state index is 12.9. The van der Waals surface area contributed by atoms with Gasteiger partial charge in [-0.15, -0.1) is 0 Å². The lowest BCUT2D eigenvalue weighted by atomic mass is 9.95. The first-order valence-corrected chi connectivity index (χ1v) is 13.4. The highest BCUT2D eigenvalue weighted by molar-refractivity contribution is 6.33. The van der Waals surface area contributed by atoms with Gasteiger partial charge >= 0.3 is 5.97 Å². The lowest BCUT2D eigenvalue weighted by Gasteiger charge is -2.38. The third-order valence-electron chi connectivity index (χ3n) is 7.06. The second kappa shape index (κ2) is 13.1. The molecule has 2 aromatic rings. The Bertz CT molecular complexity index is 1180. The van der Waals surface area contributed by atoms with E-state index in [1.165, 1.54) is 26.2 Å². The Morgan fingerprint density at radius 1 is 1.13 bits per heavy atom. The monoisotopic (exact) mass is 558 g/mol. The molecule has 11 heteroatoms. The van der Waals surface area contributed by atoms with Gasteiger partial charge in [-0.25, -0.2) is 0 Å². The van der Waals surface area contributed by atoms with Gasteiger partial charge in [-0.2, -0.15) is 0 Å². The number of benzene rings is 2. The number of nitrogens with two attached hydrogens (primary N) is 1. The maximum atomic E-state index is 12.9. The first-order valence-electron chi connectivity index (χ1n) is 13.1. The van der Waals surface area contributed by atoms with Crippen molar-refractivity contribution in [3.8, 4) is 11.5 Å². The van der Waals surface area contributed by atoms with E-state index in [0.29, 0.717) is 72.0 Å². The van der Waals surface area contributed by atoms with Crippen molar-refractivity contribution in [2.75, 3.05) is 58.7 Å². The summed E-state index contributed by atoms with van der Waals surface area (Å²) in [5, 5.41) is 3.22. The number of ether oxygens (including phenoxy) is 3. The minimum absolute atomic E-state index is 0.0102. The molecule has 210 valence electrons. The first kappa shape index (κ1) is 28.7. The molecule has 2 saturated heterocycles. The summed E-state index contributed by atoms with van der Waals surface area (Å²) in [6.07, 6.45) is 1.72. The largest absolute Gasteiger partial charge is 0.496 e. The van der Waals surface area contributed by atoms with E-state index in [4.69, 9.17) is 31.5 Å². The molecule has 0 radical (unpaired) electrons. The molecular formula is C28H35ClN4O6. The average Bonchev–Trinajstić information content (AvgIpc) is 2.93. The van der Waals surface area contributed by atoms with Crippen molar-refractivity contribution in [2.45, 2.75) is 25.9 Å². The van der Waals surface area contributed by atoms with Gasteiger partial charge in [-0.1, -0.05) is 11.6 Å². The van der Waals surface area contributed by atoms with Crippen LogP contribution in [-0.4, -0.2) is 86.7 Å². The van der Waals surface area contributed by atoms with Gasteiger partial charge in [0.05, 0.1) is 36.1 Å². The van der Waals surface area contributed by atoms with Crippen molar-refractivity contribution in [2.24, 2.45) is 5.92 Å². The Labute approximate surface area is 233 Å². The fourth-order valence-electron chi connectivity index (χ4n) is 4.98. The van der Waals surface area contributed by atoms with E-state index in [2.05, 4.69) is 10.2 Å². The maximum Gasteiger partial charge on any atom is 0.308 e. The zero-order chi connectivity index (χ0) is 27.9. The van der Waals surface area contributed by atoms with Crippen LogP contribution in [0.5, 0.6) is 11.5 Å². The zero-order valence-electron chi connectivity index (χ0n) is 22.3. The number of morpholine rings is 1. The number of likely N-dealkylation sites (tertiary alicyclic amines) is 1. The molecule has 1 unspecified atom stereocenters. The second-order valence-electron chi connectivity index (χ2n) is 9.89. The number of rotatable bonds is 8. The molecule has 0 aliphatic carbocycles. The Morgan fingerprint density at radius 2 is 1.85 bits per heavy atom. The number of carbonyl (C=O) groups is 3. The Hall–Kier alpha value is -3.34. The molecule has 1 atom stereocenters. The summed E-state index contributed by atoms with van der Waals surface area (Å²) in [5.41, 5.74) is 7.07. The van der Waals surface area contributed by atoms with E-state index >= 15 is 0 Å². The van der Waals surface area contributed by atoms with E-state index < -0.39 is 5.97 Å². The van der Waals surface area contributed by atoms with Crippen LogP contribution < -0.4 is 20.5 Å². The quantitative estimate of drug-likeness (QED) is 0.288. The molecule has 2 amide bonds. The molecule has 4 rings (SSSR count). The van der Waals surface area contributed by atoms with Crippen LogP contribution in [0.4, 0.5) is 5.69 Å². The van der Waals surface area contributed by atoms with E-state index in [-0.39, 0.29) is 17.9 Å². The normalized spacial score (nSPS) is 18.4. The summed E-state index contributed by atoms with van der Waals surface area (Å²) in [7, 11) is 1.48. The molecule has 0 bridgehead atoms. The van der Waals surface area contributed by atoms with Crippen LogP contribution in [0, 0.1) is 5.92 Å². The van der Waals surface area contributed by atoms with Crippen LogP contribution in [0.1, 0.15) is 40.5 Å². The number of nitrogens with one attached hydrogen (secondary N) is 1. The lowest BCUT2D eigenvalue weighted by Crippen LogP contribution is -2.50. The third kappa shape index (κ3) is 7.62. The Kier molecular flexibility index (Phi) is 9.66. The van der Waals surface area contributed by atoms with E-state index in [0.717, 1.165) is 25.9 Å². The molecule has 2 heterocycles. The summed E-state index contributed by atoms with van der Waals surface area (Å²) >= 11 is 6.10. The number of esters is 1. The predicted molar refractivity (Wildman–Crippen MR) is 147 cm³/mol. The second-order valence-corrected chi connectivity index (χ2v) is 10.3. The fourth-order valence-corrected chi connectivity index (χ4v) is 5.15. The zero-order valence-corrected chi connectivity index (χ0v) is 23.0. The predicted octanol–water partition coefficient (Wildman–Crippen LogP) is 2.84. The summed E-state index contributed by atoms with van der Waals surface area (Å²) in [4.78, 5) is 41.0. The molecule has 3 N–H and O–H groups in total. The summed E-state index contributed by atoms with van der Waals surface area (Å²) in [5.74, 6) is 0.572. The van der Waals surface area contributed by atoms with Crippen molar-refractivity contribution in [3.05, 3.63) is 52.5 Å². The molecule has 2 aliphatic heterocycles. The van der Waals surface area contributed by atoms with Crippen molar-refractivity contribution >= 4 is 35.1 Å². The van der Waals surface area contributed by atoms with Crippen LogP contribution in [0.3, 0.4) is 0 Å². The van der Waals surface area contributed by atoms with Gasteiger partial charge in [0.2, 0.25) is 0 Å². The summed E-state index contributed by atoms with van der Waals surface area (Å²) < 4.78 is 16.2. The standard InChI is InChI=1S/C28H35ClN4O6/c1-18(34)39-21-5-3-20(4-6-21)28(36)33-9-7-19(8-10-33)16-32-11-12-38-22(17-32)15-31-27(35)23-13-24(29)25(30)14-26(23)37-2/h3-6,13-14,19,22H,7-12,15-17,30H2,1-2H3,(H,31,35). The van der Waals surface area contributed by atoms with Gasteiger partial charge < -0.3 is 30.2 Å². The van der Waals surface area contributed by atoms with Gasteiger partial charge in [0.15, 0.2) is 0 Å². The number of carbonyl (C=O) groups excluding carboxylic acids is 3. The summed E-state index contributed by atoms with van der Waals surface area (Å²) in [6.45, 7) is 6.18. The molecule has 0 aromatic heterocycles. The molecule has 0 spiro atoms. The van der Waals surface area contributed by atoms with Crippen molar-refractivity contribution < 1.29 is 28.6 Å². The number of hydrogen-bond acceptors (Lipinski definition) is 8. The Morgan fingerprint density at radius 3 is 2.51 bits per heavy atom. The Balaban J connectivity index is 1.22. The van der Waals surface area contributed by atoms with Gasteiger partial charge in [-0.05, 0) is 49.1 Å². The number of nitrogens with zero attached hydrogens (tertiary/aromatic N) is 2. The average molecular weight is 559 g/mol. The molecule has 2 aromatic carbocycles. The van der Waals surface area contributed by atoms with Crippen LogP contribution in [-0.2, 0) is 9.53 Å². The lowest BCUT2D eigenvalue weighted by molar-refractivity contribution is -0.131. The highest BCUT2D eigenvalue weighted by Crippen LogP contribution is 2.29. The van der Waals surface area contributed by atoms with E-state index in [1.54, 1.807) is 24.3 Å². The molecule has 39 heavy (non-hydrogen) atoms. The first-order chi connectivity index (χ1) is 18.7. The molecule has 10 nitrogen and oxygen atoms in total. The fraction of sp³-hybridized carbons (Fsp3) is 0.464. The van der Waals surface area contributed by atoms with E-state index in [1.807, 2.05) is 4.90 Å². The molecular weight excluding hydrogens is 524 g/mol. The van der Waals surface area contributed by atoms with Crippen LogP contribution in [0.15, 0.2) is 36.4 Å². The number of methoxy groups -OCH3 is 1. The van der Waals surface area contributed by atoms with Crippen molar-refractivity contribution in [1.82, 2.24) is 15.1 Å².